The van der Waals surface area contributed by atoms with Crippen molar-refractivity contribution in [2.24, 2.45) is 0 Å². The topological polar surface area (TPSA) is 231 Å². The largest absolute Gasteiger partial charge is 0.472 e. The molecule has 0 fully saturated rings. The van der Waals surface area contributed by atoms with Gasteiger partial charge in [0.15, 0.2) is 6.10 Å². The highest BCUT2D eigenvalue weighted by molar-refractivity contribution is 7.47. The van der Waals surface area contributed by atoms with Crippen LogP contribution in [0.15, 0.2) is 182 Å². The molecule has 0 heterocycles. The molecule has 680 valence electrons. The molecule has 0 aromatic carbocycles. The molecule has 0 saturated heterocycles. The van der Waals surface area contributed by atoms with Crippen LogP contribution in [0.5, 0.6) is 0 Å². The van der Waals surface area contributed by atoms with Crippen LogP contribution < -0.4 is 0 Å². The van der Waals surface area contributed by atoms with Gasteiger partial charge in [0, 0.05) is 19.3 Å². The molecule has 0 aromatic heterocycles. The van der Waals surface area contributed by atoms with Gasteiger partial charge in [0.05, 0.1) is 26.4 Å². The summed E-state index contributed by atoms with van der Waals surface area (Å²) in [4.78, 5) is 59.0. The van der Waals surface area contributed by atoms with Crippen LogP contribution in [0.2, 0.25) is 0 Å². The number of allylic oxidation sites excluding steroid dienone is 30. The Labute approximate surface area is 725 Å². The zero-order valence-electron chi connectivity index (χ0n) is 75.0. The summed E-state index contributed by atoms with van der Waals surface area (Å²) in [6.45, 7) is 2.41. The molecule has 0 saturated carbocycles. The first-order chi connectivity index (χ1) is 58.2. The summed E-state index contributed by atoms with van der Waals surface area (Å²) in [7, 11) is -9.83. The maximum absolute atomic E-state index is 13.0. The first kappa shape index (κ1) is 114. The fraction of sp³-hybridized carbons (Fsp3) is 0.673. The predicted molar refractivity (Wildman–Crippen MR) is 500 cm³/mol. The van der Waals surface area contributed by atoms with Gasteiger partial charge in [-0.3, -0.25) is 32.5 Å². The lowest BCUT2D eigenvalue weighted by Crippen LogP contribution is -2.30. The lowest BCUT2D eigenvalue weighted by Gasteiger charge is -2.21. The third kappa shape index (κ3) is 93.2. The minimum absolute atomic E-state index is 0.0434. The standard InChI is InChI=1S/C101H170O16P2/c1-4-7-10-13-16-19-22-25-28-31-34-37-39-41-43-44-45-46-47-48-49-50-52-54-55-58-60-63-66-69-72-75-78-81-84-87-99(104)111-90-96(102)91-113-118(107,108)114-92-97(103)93-115-119(109,110)116-95-98(117-101(106)89-86-83-80-77-74-71-68-65-62-57-36-33-30-27-24-21-18-15-12-9-6-3)94-112-100(105)88-85-82-79-76-73-70-67-64-61-59-56-53-51-42-40-38-35-32-29-26-23-20-17-14-11-8-5-2/h8-9,11-12,16-21,25-30,34-38,41-43,51,57,65,68,74,77,96-98,102-103H,4-7,10,13-15,22-24,31-33,39-40,44-50,52-56,58-64,66-67,69-73,75-76,78-95H2,1-3H3,(H,107,108)(H,109,110)/b11-8-,12-9-,19-16-,20-17-,21-18-,28-25-,29-26-,30-27-,37-34-,38-35-,43-41-,51-42-,57-36-,68-65-,77-74-. The average Bonchev–Trinajstić information content (AvgIpc) is 0.909. The number of carbonyl (C=O) groups is 3. The summed E-state index contributed by atoms with van der Waals surface area (Å²) in [5.41, 5.74) is 0. The van der Waals surface area contributed by atoms with Gasteiger partial charge in [0.2, 0.25) is 0 Å². The van der Waals surface area contributed by atoms with Crippen molar-refractivity contribution < 1.29 is 75.8 Å². The van der Waals surface area contributed by atoms with Gasteiger partial charge in [-0.05, 0) is 161 Å². The van der Waals surface area contributed by atoms with Crippen LogP contribution in [0.4, 0.5) is 0 Å². The molecule has 0 aliphatic carbocycles. The minimum atomic E-state index is -4.96. The van der Waals surface area contributed by atoms with Crippen LogP contribution in [0.25, 0.3) is 0 Å². The number of phosphoric acid groups is 2. The molecule has 5 unspecified atom stereocenters. The summed E-state index contributed by atoms with van der Waals surface area (Å²) in [6, 6.07) is 0. The molecule has 0 amide bonds. The normalized spacial score (nSPS) is 14.6. The number of aliphatic hydroxyl groups is 2. The maximum Gasteiger partial charge on any atom is 0.472 e. The van der Waals surface area contributed by atoms with E-state index < -0.39 is 91.5 Å². The molecule has 119 heavy (non-hydrogen) atoms. The van der Waals surface area contributed by atoms with Gasteiger partial charge in [0.25, 0.3) is 0 Å². The van der Waals surface area contributed by atoms with Crippen LogP contribution >= 0.6 is 15.6 Å². The van der Waals surface area contributed by atoms with E-state index in [9.17, 15) is 43.5 Å². The number of hydrogen-bond acceptors (Lipinski definition) is 14. The average molecular weight is 1700 g/mol. The number of phosphoric ester groups is 2. The summed E-state index contributed by atoms with van der Waals surface area (Å²) in [5, 5.41) is 20.7. The molecular weight excluding hydrogens is 1530 g/mol. The van der Waals surface area contributed by atoms with Crippen molar-refractivity contribution in [3.8, 4) is 0 Å². The van der Waals surface area contributed by atoms with Gasteiger partial charge in [-0.15, -0.1) is 0 Å². The van der Waals surface area contributed by atoms with E-state index in [4.69, 9.17) is 32.3 Å². The van der Waals surface area contributed by atoms with E-state index in [1.807, 2.05) is 0 Å². The van der Waals surface area contributed by atoms with Crippen LogP contribution in [0, 0.1) is 0 Å². The lowest BCUT2D eigenvalue weighted by molar-refractivity contribution is -0.161. The third-order valence-corrected chi connectivity index (χ3v) is 21.5. The summed E-state index contributed by atoms with van der Waals surface area (Å²) in [5.74, 6) is -1.63. The van der Waals surface area contributed by atoms with Crippen molar-refractivity contribution >= 4 is 33.6 Å². The Balaban J connectivity index is 4.56. The van der Waals surface area contributed by atoms with Crippen molar-refractivity contribution in [1.82, 2.24) is 0 Å². The fourth-order valence-corrected chi connectivity index (χ4v) is 14.1. The second-order valence-corrected chi connectivity index (χ2v) is 34.0. The molecule has 0 spiro atoms. The molecule has 16 nitrogen and oxygen atoms in total. The predicted octanol–water partition coefficient (Wildman–Crippen LogP) is 29.2. The summed E-state index contributed by atoms with van der Waals surface area (Å²) in [6.07, 6.45) is 121. The van der Waals surface area contributed by atoms with E-state index in [-0.39, 0.29) is 19.3 Å². The highest BCUT2D eigenvalue weighted by Crippen LogP contribution is 2.45. The Morgan fingerprint density at radius 1 is 0.244 bits per heavy atom. The van der Waals surface area contributed by atoms with Crippen LogP contribution in [-0.2, 0) is 55.8 Å². The SMILES string of the molecule is CC/C=C\C/C=C\C/C=C\C/C=C\C/C=C\C/C=C\CCCCC(=O)OC(COC(=O)CCCCCCCCCCCCC/C=C\C/C=C\C/C=C\C/C=C\C/C=C\CC)COP(=O)(O)OCC(O)COP(=O)(O)OCC(O)COC(=O)CCCCCCCCCCCCCCCCCCCCC/C=C\C/C=C\C/C=C\C/C=C\CCCCC. The number of rotatable bonds is 88. The first-order valence-electron chi connectivity index (χ1n) is 47.1. The van der Waals surface area contributed by atoms with Crippen LogP contribution in [0.1, 0.15) is 380 Å². The molecule has 0 rings (SSSR count). The van der Waals surface area contributed by atoms with Crippen molar-refractivity contribution in [3.05, 3.63) is 182 Å². The van der Waals surface area contributed by atoms with E-state index in [0.717, 1.165) is 148 Å². The Kier molecular flexibility index (Phi) is 87.7. The van der Waals surface area contributed by atoms with E-state index in [0.29, 0.717) is 25.7 Å². The van der Waals surface area contributed by atoms with Crippen molar-refractivity contribution in [2.75, 3.05) is 39.6 Å². The van der Waals surface area contributed by atoms with Gasteiger partial charge < -0.3 is 34.2 Å². The zero-order valence-corrected chi connectivity index (χ0v) is 76.8. The van der Waals surface area contributed by atoms with Gasteiger partial charge in [-0.1, -0.05) is 383 Å². The minimum Gasteiger partial charge on any atom is -0.463 e. The summed E-state index contributed by atoms with van der Waals surface area (Å²) < 4.78 is 61.4. The monoisotopic (exact) mass is 1700 g/mol. The number of esters is 3. The Hall–Kier alpha value is -5.35. The Morgan fingerprint density at radius 2 is 0.445 bits per heavy atom. The smallest absolute Gasteiger partial charge is 0.463 e. The van der Waals surface area contributed by atoms with Gasteiger partial charge in [-0.2, -0.15) is 0 Å². The Bertz CT molecular complexity index is 2890. The molecule has 0 aliphatic rings. The molecular formula is C101H170O16P2. The third-order valence-electron chi connectivity index (χ3n) is 19.6. The van der Waals surface area contributed by atoms with E-state index in [1.165, 1.54) is 167 Å². The van der Waals surface area contributed by atoms with Gasteiger partial charge in [-0.25, -0.2) is 9.13 Å². The van der Waals surface area contributed by atoms with Gasteiger partial charge >= 0.3 is 33.6 Å². The molecule has 0 radical (unpaired) electrons. The number of carbonyl (C=O) groups excluding carboxylic acids is 3. The number of unbranched alkanes of at least 4 members (excludes halogenated alkanes) is 35. The highest BCUT2D eigenvalue weighted by atomic mass is 31.2. The van der Waals surface area contributed by atoms with Crippen LogP contribution in [0.3, 0.4) is 0 Å². The second-order valence-electron chi connectivity index (χ2n) is 31.0. The molecule has 5 atom stereocenters. The molecule has 0 aromatic rings. The quantitative estimate of drug-likeness (QED) is 0.0146. The van der Waals surface area contributed by atoms with Crippen molar-refractivity contribution in [1.29, 1.82) is 0 Å². The van der Waals surface area contributed by atoms with Gasteiger partial charge in [0.1, 0.15) is 25.4 Å². The molecule has 0 bridgehead atoms. The fourth-order valence-electron chi connectivity index (χ4n) is 12.5. The van der Waals surface area contributed by atoms with E-state index >= 15 is 0 Å². The van der Waals surface area contributed by atoms with Crippen molar-refractivity contribution in [2.45, 2.75) is 399 Å². The summed E-state index contributed by atoms with van der Waals surface area (Å²) >= 11 is 0. The maximum atomic E-state index is 13.0. The van der Waals surface area contributed by atoms with Crippen molar-refractivity contribution in [3.63, 3.8) is 0 Å². The highest BCUT2D eigenvalue weighted by Gasteiger charge is 2.29. The van der Waals surface area contributed by atoms with Crippen LogP contribution in [-0.4, -0.2) is 95.9 Å². The zero-order chi connectivity index (χ0) is 86.5. The first-order valence-corrected chi connectivity index (χ1v) is 50.1. The molecule has 4 N–H and O–H groups in total. The lowest BCUT2D eigenvalue weighted by atomic mass is 10.0. The Morgan fingerprint density at radius 3 is 0.723 bits per heavy atom. The van der Waals surface area contributed by atoms with E-state index in [1.54, 1.807) is 0 Å². The molecule has 18 heteroatoms. The number of hydrogen-bond donors (Lipinski definition) is 4. The second kappa shape index (κ2) is 91.8. The molecule has 0 aliphatic heterocycles. The van der Waals surface area contributed by atoms with E-state index in [2.05, 4.69) is 203 Å². The number of ether oxygens (including phenoxy) is 3. The number of aliphatic hydroxyl groups excluding tert-OH is 2.